The van der Waals surface area contributed by atoms with Crippen molar-refractivity contribution < 1.29 is 4.79 Å². The van der Waals surface area contributed by atoms with E-state index in [-0.39, 0.29) is 11.7 Å². The van der Waals surface area contributed by atoms with Gasteiger partial charge in [-0.25, -0.2) is 0 Å². The normalized spacial score (nSPS) is 10.9. The molecule has 2 aromatic heterocycles. The van der Waals surface area contributed by atoms with Gasteiger partial charge in [0.25, 0.3) is 0 Å². The van der Waals surface area contributed by atoms with Gasteiger partial charge >= 0.3 is 0 Å². The van der Waals surface area contributed by atoms with Crippen LogP contribution in [0.25, 0.3) is 17.1 Å². The van der Waals surface area contributed by atoms with Crippen molar-refractivity contribution in [2.45, 2.75) is 18.2 Å². The molecule has 0 aliphatic carbocycles. The molecule has 1 N–H and O–H groups in total. The van der Waals surface area contributed by atoms with Gasteiger partial charge in [-0.2, -0.15) is 5.10 Å². The first-order chi connectivity index (χ1) is 17.3. The largest absolute Gasteiger partial charge is 0.351 e. The fourth-order valence-corrected chi connectivity index (χ4v) is 4.45. The molecule has 7 nitrogen and oxygen atoms in total. The Kier molecular flexibility index (Phi) is 7.00. The minimum Gasteiger partial charge on any atom is -0.351 e. The maximum absolute atomic E-state index is 12.6. The molecule has 2 heterocycles. The second-order valence-electron chi connectivity index (χ2n) is 7.93. The molecule has 5 rings (SSSR count). The summed E-state index contributed by atoms with van der Waals surface area (Å²) in [5, 5.41) is 16.7. The molecule has 3 aromatic carbocycles. The number of nitrogens with zero attached hydrogens (tertiary/aromatic N) is 5. The fourth-order valence-electron chi connectivity index (χ4n) is 3.67. The maximum Gasteiger partial charge on any atom is 0.230 e. The summed E-state index contributed by atoms with van der Waals surface area (Å²) in [5.74, 6) is 0.936. The molecule has 0 spiro atoms. The summed E-state index contributed by atoms with van der Waals surface area (Å²) < 4.78 is 3.87. The first kappa shape index (κ1) is 22.6. The average Bonchev–Trinajstić information content (AvgIpc) is 3.58. The van der Waals surface area contributed by atoms with Gasteiger partial charge in [-0.1, -0.05) is 84.6 Å². The van der Waals surface area contributed by atoms with Crippen LogP contribution in [0.4, 0.5) is 0 Å². The lowest BCUT2D eigenvalue weighted by molar-refractivity contribution is -0.118. The van der Waals surface area contributed by atoms with E-state index < -0.39 is 0 Å². The van der Waals surface area contributed by atoms with Crippen LogP contribution in [0.3, 0.4) is 0 Å². The Hall–Kier alpha value is -4.17. The maximum atomic E-state index is 12.6. The third-order valence-corrected chi connectivity index (χ3v) is 6.36. The van der Waals surface area contributed by atoms with E-state index in [2.05, 4.69) is 32.7 Å². The number of aromatic nitrogens is 5. The zero-order valence-electron chi connectivity index (χ0n) is 19.0. The van der Waals surface area contributed by atoms with E-state index in [1.54, 1.807) is 6.20 Å². The third kappa shape index (κ3) is 5.67. The number of thioether (sulfide) groups is 1. The van der Waals surface area contributed by atoms with Crippen molar-refractivity contribution in [2.75, 3.05) is 5.75 Å². The van der Waals surface area contributed by atoms with E-state index in [1.165, 1.54) is 11.8 Å². The summed E-state index contributed by atoms with van der Waals surface area (Å²) in [6.45, 7) is 1.20. The number of hydrogen-bond acceptors (Lipinski definition) is 5. The van der Waals surface area contributed by atoms with E-state index in [4.69, 9.17) is 0 Å². The summed E-state index contributed by atoms with van der Waals surface area (Å²) in [5.41, 5.74) is 4.13. The first-order valence-electron chi connectivity index (χ1n) is 11.3. The zero-order chi connectivity index (χ0) is 23.9. The predicted octanol–water partition coefficient (Wildman–Crippen LogP) is 4.59. The molecule has 0 radical (unpaired) electrons. The topological polar surface area (TPSA) is 77.6 Å². The zero-order valence-corrected chi connectivity index (χ0v) is 19.8. The van der Waals surface area contributed by atoms with E-state index in [0.717, 1.165) is 34.7 Å². The lowest BCUT2D eigenvalue weighted by Gasteiger charge is -2.10. The Morgan fingerprint density at radius 3 is 2.26 bits per heavy atom. The van der Waals surface area contributed by atoms with Gasteiger partial charge in [0.05, 0.1) is 12.3 Å². The minimum absolute atomic E-state index is 0.0560. The van der Waals surface area contributed by atoms with E-state index in [1.807, 2.05) is 94.3 Å². The van der Waals surface area contributed by atoms with Crippen molar-refractivity contribution >= 4 is 17.7 Å². The van der Waals surface area contributed by atoms with Crippen molar-refractivity contribution in [1.29, 1.82) is 0 Å². The fraction of sp³-hybridized carbons (Fsp3) is 0.111. The van der Waals surface area contributed by atoms with Crippen LogP contribution in [0, 0.1) is 0 Å². The van der Waals surface area contributed by atoms with Gasteiger partial charge < -0.3 is 5.32 Å². The van der Waals surface area contributed by atoms with Crippen LogP contribution in [-0.4, -0.2) is 36.2 Å². The summed E-state index contributed by atoms with van der Waals surface area (Å²) in [6, 6.07) is 30.0. The number of amides is 1. The molecule has 5 aromatic rings. The molecule has 0 bridgehead atoms. The number of hydrogen-bond donors (Lipinski definition) is 1. The van der Waals surface area contributed by atoms with Crippen LogP contribution in [0.15, 0.2) is 109 Å². The Balaban J connectivity index is 1.22. The van der Waals surface area contributed by atoms with E-state index >= 15 is 0 Å². The Morgan fingerprint density at radius 1 is 0.829 bits per heavy atom. The molecule has 0 atom stereocenters. The molecule has 0 saturated heterocycles. The first-order valence-corrected chi connectivity index (χ1v) is 12.3. The summed E-state index contributed by atoms with van der Waals surface area (Å²) >= 11 is 1.37. The SMILES string of the molecule is O=C(CSc1nnc(-c2ccccc2)n1-c1ccccc1)NCc1ccc(Cn2cccn2)cc1. The lowest BCUT2D eigenvalue weighted by Crippen LogP contribution is -2.24. The molecule has 0 aliphatic rings. The van der Waals surface area contributed by atoms with Gasteiger partial charge in [-0.3, -0.25) is 14.0 Å². The molecular formula is C27H24N6OS. The van der Waals surface area contributed by atoms with Gasteiger partial charge in [-0.05, 0) is 29.3 Å². The summed E-state index contributed by atoms with van der Waals surface area (Å²) in [7, 11) is 0. The third-order valence-electron chi connectivity index (χ3n) is 5.43. The Morgan fingerprint density at radius 2 is 1.54 bits per heavy atom. The molecule has 1 amide bonds. The van der Waals surface area contributed by atoms with Crippen molar-refractivity contribution in [1.82, 2.24) is 29.9 Å². The summed E-state index contributed by atoms with van der Waals surface area (Å²) in [4.78, 5) is 12.6. The standard InChI is InChI=1S/C27H24N6OS/c34-25(28-18-21-12-14-22(15-13-21)19-32-17-7-16-29-32)20-35-27-31-30-26(23-8-3-1-4-9-23)33(27)24-10-5-2-6-11-24/h1-17H,18-20H2,(H,28,34). The molecule has 35 heavy (non-hydrogen) atoms. The molecule has 0 fully saturated rings. The number of carbonyl (C=O) groups excluding carboxylic acids is 1. The molecular weight excluding hydrogens is 456 g/mol. The molecule has 8 heteroatoms. The van der Waals surface area contributed by atoms with E-state index in [0.29, 0.717) is 11.7 Å². The van der Waals surface area contributed by atoms with Crippen LogP contribution in [-0.2, 0) is 17.9 Å². The van der Waals surface area contributed by atoms with Gasteiger partial charge in [0, 0.05) is 30.2 Å². The van der Waals surface area contributed by atoms with E-state index in [9.17, 15) is 4.79 Å². The summed E-state index contributed by atoms with van der Waals surface area (Å²) in [6.07, 6.45) is 3.71. The van der Waals surface area contributed by atoms with Crippen LogP contribution >= 0.6 is 11.8 Å². The highest BCUT2D eigenvalue weighted by Gasteiger charge is 2.17. The number of rotatable bonds is 9. The predicted molar refractivity (Wildman–Crippen MR) is 137 cm³/mol. The number of carbonyl (C=O) groups is 1. The van der Waals surface area contributed by atoms with Gasteiger partial charge in [0.1, 0.15) is 0 Å². The average molecular weight is 481 g/mol. The highest BCUT2D eigenvalue weighted by atomic mass is 32.2. The Bertz CT molecular complexity index is 1370. The van der Waals surface area contributed by atoms with Crippen LogP contribution in [0.2, 0.25) is 0 Å². The minimum atomic E-state index is -0.0560. The molecule has 174 valence electrons. The highest BCUT2D eigenvalue weighted by Crippen LogP contribution is 2.27. The van der Waals surface area contributed by atoms with Gasteiger partial charge in [-0.15, -0.1) is 10.2 Å². The van der Waals surface area contributed by atoms with Crippen LogP contribution in [0.5, 0.6) is 0 Å². The Labute approximate surface area is 207 Å². The molecule has 0 saturated carbocycles. The lowest BCUT2D eigenvalue weighted by atomic mass is 10.1. The smallest absolute Gasteiger partial charge is 0.230 e. The van der Waals surface area contributed by atoms with Gasteiger partial charge in [0.15, 0.2) is 11.0 Å². The van der Waals surface area contributed by atoms with Crippen molar-refractivity contribution in [3.8, 4) is 17.1 Å². The van der Waals surface area contributed by atoms with Crippen LogP contribution < -0.4 is 5.32 Å². The van der Waals surface area contributed by atoms with Gasteiger partial charge in [0.2, 0.25) is 5.91 Å². The quantitative estimate of drug-likeness (QED) is 0.312. The number of nitrogens with one attached hydrogen (secondary N) is 1. The highest BCUT2D eigenvalue weighted by molar-refractivity contribution is 7.99. The number of para-hydroxylation sites is 1. The second-order valence-corrected chi connectivity index (χ2v) is 8.87. The van der Waals surface area contributed by atoms with Crippen molar-refractivity contribution in [3.63, 3.8) is 0 Å². The van der Waals surface area contributed by atoms with Crippen LogP contribution in [0.1, 0.15) is 11.1 Å². The second kappa shape index (κ2) is 10.8. The molecule has 0 unspecified atom stereocenters. The van der Waals surface area contributed by atoms with Crippen molar-refractivity contribution in [3.05, 3.63) is 115 Å². The number of benzene rings is 3. The molecule has 0 aliphatic heterocycles. The monoisotopic (exact) mass is 480 g/mol. The van der Waals surface area contributed by atoms with Crippen molar-refractivity contribution in [2.24, 2.45) is 0 Å².